The molecule has 27 heavy (non-hydrogen) atoms. The van der Waals surface area contributed by atoms with E-state index in [1.807, 2.05) is 31.2 Å². The Balaban J connectivity index is 1.72. The number of hydrogen-bond acceptors (Lipinski definition) is 3. The summed E-state index contributed by atoms with van der Waals surface area (Å²) in [4.78, 5) is 26.4. The highest BCUT2D eigenvalue weighted by Crippen LogP contribution is 2.31. The maximum absolute atomic E-state index is 13.7. The van der Waals surface area contributed by atoms with Crippen LogP contribution >= 0.6 is 0 Å². The molecule has 1 fully saturated rings. The fourth-order valence-corrected chi connectivity index (χ4v) is 3.34. The molecule has 0 unspecified atom stereocenters. The van der Waals surface area contributed by atoms with Gasteiger partial charge in [0.05, 0.1) is 6.04 Å². The minimum Gasteiger partial charge on any atom is -0.356 e. The van der Waals surface area contributed by atoms with Gasteiger partial charge in [-0.25, -0.2) is 4.39 Å². The van der Waals surface area contributed by atoms with Crippen molar-refractivity contribution >= 4 is 11.8 Å². The van der Waals surface area contributed by atoms with Crippen LogP contribution in [0.3, 0.4) is 0 Å². The summed E-state index contributed by atoms with van der Waals surface area (Å²) in [5, 5.41) is 2.81. The summed E-state index contributed by atoms with van der Waals surface area (Å²) in [5.74, 6) is -0.763. The smallest absolute Gasteiger partial charge is 0.251 e. The second-order valence-corrected chi connectivity index (χ2v) is 6.67. The van der Waals surface area contributed by atoms with E-state index < -0.39 is 12.1 Å². The summed E-state index contributed by atoms with van der Waals surface area (Å²) < 4.78 is 19.3. The van der Waals surface area contributed by atoms with Crippen LogP contribution in [-0.4, -0.2) is 43.0 Å². The minimum absolute atomic E-state index is 0.135. The van der Waals surface area contributed by atoms with Gasteiger partial charge in [-0.15, -0.1) is 0 Å². The molecule has 0 spiro atoms. The molecule has 0 radical (unpaired) electrons. The first-order chi connectivity index (χ1) is 13.0. The first kappa shape index (κ1) is 19.0. The van der Waals surface area contributed by atoms with Crippen molar-refractivity contribution in [2.45, 2.75) is 25.5 Å². The zero-order valence-electron chi connectivity index (χ0n) is 15.4. The summed E-state index contributed by atoms with van der Waals surface area (Å²) in [7, 11) is 1.68. The second kappa shape index (κ2) is 8.31. The van der Waals surface area contributed by atoms with Crippen molar-refractivity contribution in [3.63, 3.8) is 0 Å². The molecule has 1 aliphatic rings. The zero-order valence-corrected chi connectivity index (χ0v) is 15.4. The molecule has 0 saturated carbocycles. The summed E-state index contributed by atoms with van der Waals surface area (Å²) in [6, 6.07) is 13.6. The number of amides is 2. The van der Waals surface area contributed by atoms with Gasteiger partial charge >= 0.3 is 0 Å². The second-order valence-electron chi connectivity index (χ2n) is 6.67. The van der Waals surface area contributed by atoms with Crippen LogP contribution in [0.15, 0.2) is 48.5 Å². The Morgan fingerprint density at radius 2 is 1.93 bits per heavy atom. The number of hydrogen-bond donors (Lipinski definition) is 1. The van der Waals surface area contributed by atoms with Crippen LogP contribution < -0.4 is 5.32 Å². The van der Waals surface area contributed by atoms with Gasteiger partial charge in [0.2, 0.25) is 5.91 Å². The molecule has 0 aromatic heterocycles. The highest BCUT2D eigenvalue weighted by molar-refractivity contribution is 5.86. The van der Waals surface area contributed by atoms with E-state index in [1.165, 1.54) is 6.07 Å². The molecule has 0 aliphatic carbocycles. The molecular weight excluding hydrogens is 347 g/mol. The van der Waals surface area contributed by atoms with Crippen molar-refractivity contribution in [3.8, 4) is 0 Å². The Morgan fingerprint density at radius 1 is 1.22 bits per heavy atom. The Labute approximate surface area is 158 Å². The van der Waals surface area contributed by atoms with Crippen LogP contribution in [-0.2, 0) is 20.7 Å². The van der Waals surface area contributed by atoms with Crippen molar-refractivity contribution in [3.05, 3.63) is 71.0 Å². The summed E-state index contributed by atoms with van der Waals surface area (Å²) >= 11 is 0. The molecule has 3 rings (SSSR count). The van der Waals surface area contributed by atoms with Crippen LogP contribution in [0.1, 0.15) is 22.7 Å². The van der Waals surface area contributed by atoms with Crippen LogP contribution in [0.25, 0.3) is 0 Å². The lowest BCUT2D eigenvalue weighted by Gasteiger charge is -2.38. The molecule has 1 N–H and O–H groups in total. The Bertz CT molecular complexity index is 840. The van der Waals surface area contributed by atoms with Crippen LogP contribution in [0, 0.1) is 12.7 Å². The van der Waals surface area contributed by atoms with E-state index in [9.17, 15) is 14.0 Å². The minimum atomic E-state index is -0.811. The topological polar surface area (TPSA) is 58.6 Å². The number of carbonyl (C=O) groups excluding carboxylic acids is 2. The molecule has 142 valence electrons. The van der Waals surface area contributed by atoms with Gasteiger partial charge < -0.3 is 15.0 Å². The maximum atomic E-state index is 13.7. The van der Waals surface area contributed by atoms with Crippen molar-refractivity contribution in [1.29, 1.82) is 0 Å². The number of aryl methyl sites for hydroxylation is 1. The third-order valence-corrected chi connectivity index (χ3v) is 4.90. The highest BCUT2D eigenvalue weighted by atomic mass is 19.1. The molecule has 5 nitrogen and oxygen atoms in total. The molecule has 2 amide bonds. The molecule has 2 aromatic carbocycles. The summed E-state index contributed by atoms with van der Waals surface area (Å²) in [6.45, 7) is 2.09. The Morgan fingerprint density at radius 3 is 2.67 bits per heavy atom. The van der Waals surface area contributed by atoms with Gasteiger partial charge in [-0.3, -0.25) is 9.59 Å². The van der Waals surface area contributed by atoms with Crippen molar-refractivity contribution < 1.29 is 18.7 Å². The number of halogens is 1. The lowest BCUT2D eigenvalue weighted by molar-refractivity contribution is -0.162. The van der Waals surface area contributed by atoms with E-state index in [2.05, 4.69) is 5.32 Å². The van der Waals surface area contributed by atoms with Crippen molar-refractivity contribution in [2.75, 3.05) is 20.2 Å². The van der Waals surface area contributed by atoms with Crippen LogP contribution in [0.2, 0.25) is 0 Å². The number of ether oxygens (including phenoxy) is 1. The van der Waals surface area contributed by atoms with E-state index in [0.717, 1.165) is 11.1 Å². The third kappa shape index (κ3) is 4.17. The molecule has 2 atom stereocenters. The van der Waals surface area contributed by atoms with E-state index in [0.29, 0.717) is 12.0 Å². The Hall–Kier alpha value is -2.73. The monoisotopic (exact) mass is 370 g/mol. The molecule has 1 heterocycles. The van der Waals surface area contributed by atoms with E-state index in [1.54, 1.807) is 30.1 Å². The number of nitrogens with zero attached hydrogens (tertiary/aromatic N) is 1. The summed E-state index contributed by atoms with van der Waals surface area (Å²) in [5.41, 5.74) is 2.41. The maximum Gasteiger partial charge on any atom is 0.251 e. The zero-order chi connectivity index (χ0) is 19.4. The third-order valence-electron chi connectivity index (χ3n) is 4.90. The van der Waals surface area contributed by atoms with E-state index in [4.69, 9.17) is 4.74 Å². The molecule has 1 saturated heterocycles. The van der Waals surface area contributed by atoms with Crippen molar-refractivity contribution in [1.82, 2.24) is 10.2 Å². The first-order valence-electron chi connectivity index (χ1n) is 8.93. The van der Waals surface area contributed by atoms with E-state index >= 15 is 0 Å². The lowest BCUT2D eigenvalue weighted by Crippen LogP contribution is -2.53. The fourth-order valence-electron chi connectivity index (χ4n) is 3.34. The van der Waals surface area contributed by atoms with Gasteiger partial charge in [-0.05, 0) is 36.1 Å². The largest absolute Gasteiger partial charge is 0.356 e. The Kier molecular flexibility index (Phi) is 5.86. The van der Waals surface area contributed by atoms with Gasteiger partial charge in [-0.1, -0.05) is 42.5 Å². The average Bonchev–Trinajstić information content (AvgIpc) is 2.66. The van der Waals surface area contributed by atoms with Gasteiger partial charge in [-0.2, -0.15) is 0 Å². The van der Waals surface area contributed by atoms with Gasteiger partial charge in [0.1, 0.15) is 12.4 Å². The predicted molar refractivity (Wildman–Crippen MR) is 99.5 cm³/mol. The standard InChI is InChI=1S/C21H23FN2O3/c1-14-7-3-5-9-16(14)19-20(27-13-18(25)24(19)2)21(26)23-12-11-15-8-4-6-10-17(15)22/h3-10,19-20H,11-13H2,1-2H3,(H,23,26)/t19-,20+/m1/s1. The van der Waals surface area contributed by atoms with Gasteiger partial charge in [0.15, 0.2) is 6.10 Å². The number of nitrogens with one attached hydrogen (secondary N) is 1. The molecule has 6 heteroatoms. The number of carbonyl (C=O) groups is 2. The van der Waals surface area contributed by atoms with Crippen molar-refractivity contribution in [2.24, 2.45) is 0 Å². The SMILES string of the molecule is Cc1ccccc1[C@@H]1[C@@H](C(=O)NCCc2ccccc2F)OCC(=O)N1C. The first-order valence-corrected chi connectivity index (χ1v) is 8.93. The van der Waals surface area contributed by atoms with Gasteiger partial charge in [0.25, 0.3) is 5.91 Å². The van der Waals surface area contributed by atoms with Gasteiger partial charge in [0, 0.05) is 13.6 Å². The quantitative estimate of drug-likeness (QED) is 0.879. The predicted octanol–water partition coefficient (Wildman–Crippen LogP) is 2.39. The number of morpholine rings is 1. The average molecular weight is 370 g/mol. The molecule has 2 aromatic rings. The molecule has 1 aliphatic heterocycles. The summed E-state index contributed by atoms with van der Waals surface area (Å²) in [6.07, 6.45) is -0.427. The number of benzene rings is 2. The van der Waals surface area contributed by atoms with Crippen LogP contribution in [0.4, 0.5) is 4.39 Å². The van der Waals surface area contributed by atoms with Crippen LogP contribution in [0.5, 0.6) is 0 Å². The fraction of sp³-hybridized carbons (Fsp3) is 0.333. The number of rotatable bonds is 5. The lowest BCUT2D eigenvalue weighted by atomic mass is 9.94. The van der Waals surface area contributed by atoms with E-state index in [-0.39, 0.29) is 30.8 Å². The normalized spacial score (nSPS) is 19.8. The molecular formula is C21H23FN2O3. The number of likely N-dealkylation sites (N-methyl/N-ethyl adjacent to an activating group) is 1. The highest BCUT2D eigenvalue weighted by Gasteiger charge is 2.40. The molecule has 0 bridgehead atoms.